The van der Waals surface area contributed by atoms with Gasteiger partial charge < -0.3 is 9.73 Å². The predicted molar refractivity (Wildman–Crippen MR) is 77.2 cm³/mol. The van der Waals surface area contributed by atoms with Crippen molar-refractivity contribution in [2.75, 3.05) is 7.05 Å². The molecule has 0 atom stereocenters. The molecule has 0 unspecified atom stereocenters. The fourth-order valence-corrected chi connectivity index (χ4v) is 2.97. The summed E-state index contributed by atoms with van der Waals surface area (Å²) in [6.07, 6.45) is 1.85. The summed E-state index contributed by atoms with van der Waals surface area (Å²) in [4.78, 5) is 0.935. The number of halogens is 1. The average Bonchev–Trinajstić information content (AvgIpc) is 3.12. The highest BCUT2D eigenvalue weighted by Gasteiger charge is 2.11. The van der Waals surface area contributed by atoms with E-state index in [1.807, 2.05) is 25.4 Å². The first kappa shape index (κ1) is 13.4. The molecule has 0 aliphatic rings. The number of nitrogens with one attached hydrogen (secondary N) is 1. The summed E-state index contributed by atoms with van der Waals surface area (Å²) in [7, 11) is 1.86. The van der Waals surface area contributed by atoms with E-state index >= 15 is 0 Å². The molecule has 104 valence electrons. The zero-order valence-electron chi connectivity index (χ0n) is 10.6. The molecule has 0 spiro atoms. The summed E-state index contributed by atoms with van der Waals surface area (Å²) in [6, 6.07) is 3.89. The molecule has 7 nitrogen and oxygen atoms in total. The Balaban J connectivity index is 1.73. The molecule has 1 N–H and O–H groups in total. The van der Waals surface area contributed by atoms with Crippen LogP contribution in [0.2, 0.25) is 0 Å². The van der Waals surface area contributed by atoms with Crippen molar-refractivity contribution in [1.82, 2.24) is 30.5 Å². The minimum absolute atomic E-state index is 0.413. The van der Waals surface area contributed by atoms with E-state index in [0.29, 0.717) is 24.9 Å². The van der Waals surface area contributed by atoms with Gasteiger partial charge in [-0.2, -0.15) is 0 Å². The van der Waals surface area contributed by atoms with Crippen LogP contribution in [0.1, 0.15) is 11.6 Å². The smallest absolute Gasteiger partial charge is 0.257 e. The molecule has 20 heavy (non-hydrogen) atoms. The summed E-state index contributed by atoms with van der Waals surface area (Å²) in [6.45, 7) is 1.09. The molecule has 9 heteroatoms. The van der Waals surface area contributed by atoms with Gasteiger partial charge in [0.05, 0.1) is 20.6 Å². The average molecular weight is 355 g/mol. The molecule has 0 aliphatic carbocycles. The van der Waals surface area contributed by atoms with Crippen LogP contribution in [-0.4, -0.2) is 32.2 Å². The lowest BCUT2D eigenvalue weighted by Crippen LogP contribution is -2.05. The van der Waals surface area contributed by atoms with Crippen LogP contribution < -0.4 is 5.32 Å². The molecule has 0 radical (unpaired) electrons. The topological polar surface area (TPSA) is 81.7 Å². The van der Waals surface area contributed by atoms with E-state index in [1.165, 1.54) is 0 Å². The SMILES string of the molecule is CNCc1cn(Cc2nnc(-c3ccc(Br)s3)o2)nn1. The van der Waals surface area contributed by atoms with Gasteiger partial charge in [0.15, 0.2) is 0 Å². The summed E-state index contributed by atoms with van der Waals surface area (Å²) in [5.41, 5.74) is 0.870. The Morgan fingerprint density at radius 1 is 1.35 bits per heavy atom. The lowest BCUT2D eigenvalue weighted by Gasteiger charge is -1.93. The van der Waals surface area contributed by atoms with E-state index < -0.39 is 0 Å². The van der Waals surface area contributed by atoms with Crippen LogP contribution in [0.3, 0.4) is 0 Å². The summed E-state index contributed by atoms with van der Waals surface area (Å²) in [5.74, 6) is 1.02. The molecule has 3 aromatic rings. The first-order valence-corrected chi connectivity index (χ1v) is 7.47. The lowest BCUT2D eigenvalue weighted by atomic mass is 10.5. The van der Waals surface area contributed by atoms with Gasteiger partial charge in [-0.05, 0) is 35.1 Å². The van der Waals surface area contributed by atoms with E-state index in [0.717, 1.165) is 14.4 Å². The fraction of sp³-hybridized carbons (Fsp3) is 0.273. The van der Waals surface area contributed by atoms with Gasteiger partial charge >= 0.3 is 0 Å². The molecule has 0 bridgehead atoms. The number of thiophene rings is 1. The molecular weight excluding hydrogens is 344 g/mol. The Morgan fingerprint density at radius 3 is 3.00 bits per heavy atom. The van der Waals surface area contributed by atoms with Crippen molar-refractivity contribution >= 4 is 27.3 Å². The van der Waals surface area contributed by atoms with Gasteiger partial charge in [0, 0.05) is 6.54 Å². The van der Waals surface area contributed by atoms with Crippen molar-refractivity contribution in [2.45, 2.75) is 13.1 Å². The van der Waals surface area contributed by atoms with E-state index in [9.17, 15) is 0 Å². The maximum absolute atomic E-state index is 5.62. The molecule has 0 aromatic carbocycles. The highest BCUT2D eigenvalue weighted by atomic mass is 79.9. The van der Waals surface area contributed by atoms with Crippen molar-refractivity contribution < 1.29 is 4.42 Å². The van der Waals surface area contributed by atoms with Crippen LogP contribution in [0.25, 0.3) is 10.8 Å². The second-order valence-corrected chi connectivity index (χ2v) is 6.51. The monoisotopic (exact) mass is 354 g/mol. The van der Waals surface area contributed by atoms with Crippen LogP contribution in [0.4, 0.5) is 0 Å². The van der Waals surface area contributed by atoms with Crippen LogP contribution in [0.5, 0.6) is 0 Å². The normalized spacial score (nSPS) is 11.1. The van der Waals surface area contributed by atoms with Crippen molar-refractivity contribution in [3.63, 3.8) is 0 Å². The third-order valence-electron chi connectivity index (χ3n) is 2.49. The maximum Gasteiger partial charge on any atom is 0.257 e. The second kappa shape index (κ2) is 5.81. The molecular formula is C11H11BrN6OS. The van der Waals surface area contributed by atoms with Crippen molar-refractivity contribution in [3.8, 4) is 10.8 Å². The van der Waals surface area contributed by atoms with Crippen LogP contribution in [0.15, 0.2) is 26.5 Å². The third-order valence-corrected chi connectivity index (χ3v) is 4.10. The molecule has 3 rings (SSSR count). The van der Waals surface area contributed by atoms with Gasteiger partial charge in [-0.15, -0.1) is 26.6 Å². The molecule has 3 aromatic heterocycles. The van der Waals surface area contributed by atoms with Crippen LogP contribution in [-0.2, 0) is 13.1 Å². The van der Waals surface area contributed by atoms with Gasteiger partial charge in [0.2, 0.25) is 5.89 Å². The number of hydrogen-bond donors (Lipinski definition) is 1. The first-order valence-electron chi connectivity index (χ1n) is 5.86. The number of aromatic nitrogens is 5. The van der Waals surface area contributed by atoms with Crippen molar-refractivity contribution in [3.05, 3.63) is 33.7 Å². The number of hydrogen-bond acceptors (Lipinski definition) is 7. The Bertz CT molecular complexity index is 705. The minimum Gasteiger partial charge on any atom is -0.418 e. The largest absolute Gasteiger partial charge is 0.418 e. The van der Waals surface area contributed by atoms with E-state index in [2.05, 4.69) is 41.8 Å². The quantitative estimate of drug-likeness (QED) is 0.753. The van der Waals surface area contributed by atoms with Crippen LogP contribution in [0, 0.1) is 0 Å². The fourth-order valence-electron chi connectivity index (χ4n) is 1.66. The molecule has 3 heterocycles. The first-order chi connectivity index (χ1) is 9.74. The van der Waals surface area contributed by atoms with Crippen LogP contribution >= 0.6 is 27.3 Å². The Hall–Kier alpha value is -1.58. The van der Waals surface area contributed by atoms with Crippen molar-refractivity contribution in [2.24, 2.45) is 0 Å². The molecule has 0 aliphatic heterocycles. The van der Waals surface area contributed by atoms with E-state index in [1.54, 1.807) is 16.0 Å². The number of rotatable bonds is 5. The lowest BCUT2D eigenvalue weighted by molar-refractivity contribution is 0.470. The second-order valence-electron chi connectivity index (χ2n) is 4.04. The minimum atomic E-state index is 0.413. The third kappa shape index (κ3) is 2.94. The molecule has 0 fully saturated rings. The molecule has 0 amide bonds. The number of nitrogens with zero attached hydrogens (tertiary/aromatic N) is 5. The van der Waals surface area contributed by atoms with Gasteiger partial charge in [-0.25, -0.2) is 4.68 Å². The highest BCUT2D eigenvalue weighted by molar-refractivity contribution is 9.11. The zero-order chi connectivity index (χ0) is 13.9. The summed E-state index contributed by atoms with van der Waals surface area (Å²) in [5, 5.41) is 19.1. The highest BCUT2D eigenvalue weighted by Crippen LogP contribution is 2.30. The van der Waals surface area contributed by atoms with Gasteiger partial charge in [-0.3, -0.25) is 0 Å². The van der Waals surface area contributed by atoms with Gasteiger partial charge in [0.1, 0.15) is 6.54 Å². The molecule has 0 saturated carbocycles. The van der Waals surface area contributed by atoms with Gasteiger partial charge in [-0.1, -0.05) is 5.21 Å². The van der Waals surface area contributed by atoms with E-state index in [4.69, 9.17) is 4.42 Å². The standard InChI is InChI=1S/C11H11BrN6OS/c1-13-4-7-5-18(17-14-7)6-10-15-16-11(19-10)8-2-3-9(12)20-8/h2-3,5,13H,4,6H2,1H3. The Morgan fingerprint density at radius 2 is 2.25 bits per heavy atom. The Labute approximate surface area is 127 Å². The zero-order valence-corrected chi connectivity index (χ0v) is 13.0. The van der Waals surface area contributed by atoms with E-state index in [-0.39, 0.29) is 0 Å². The van der Waals surface area contributed by atoms with Gasteiger partial charge in [0.25, 0.3) is 5.89 Å². The maximum atomic E-state index is 5.62. The van der Waals surface area contributed by atoms with Crippen molar-refractivity contribution in [1.29, 1.82) is 0 Å². The Kier molecular flexibility index (Phi) is 3.90. The molecule has 0 saturated heterocycles. The summed E-state index contributed by atoms with van der Waals surface area (Å²) >= 11 is 4.96. The predicted octanol–water partition coefficient (Wildman–Crippen LogP) is 1.92. The summed E-state index contributed by atoms with van der Waals surface area (Å²) < 4.78 is 8.32.